The van der Waals surface area contributed by atoms with E-state index in [-0.39, 0.29) is 11.9 Å². The molecule has 0 radical (unpaired) electrons. The van der Waals surface area contributed by atoms with Crippen LogP contribution in [0.5, 0.6) is 5.75 Å². The predicted molar refractivity (Wildman–Crippen MR) is 73.4 cm³/mol. The number of anilines is 1. The Labute approximate surface area is 113 Å². The van der Waals surface area contributed by atoms with Crippen LogP contribution in [0.2, 0.25) is 0 Å². The molecule has 2 fully saturated rings. The first-order valence-electron chi connectivity index (χ1n) is 7.34. The lowest BCUT2D eigenvalue weighted by Gasteiger charge is -2.19. The lowest BCUT2D eigenvalue weighted by atomic mass is 10.0. The Bertz CT molecular complexity index is 520. The predicted octanol–water partition coefficient (Wildman–Crippen LogP) is 3.31. The SMILES string of the molecule is CC1C(=O)Oc2cc(NC(C3CC3)C3CC3)ccc21. The molecule has 0 spiro atoms. The molecule has 0 bridgehead atoms. The Morgan fingerprint density at radius 2 is 1.89 bits per heavy atom. The molecule has 2 saturated carbocycles. The molecule has 19 heavy (non-hydrogen) atoms. The number of hydrogen-bond acceptors (Lipinski definition) is 3. The Kier molecular flexibility index (Phi) is 2.38. The van der Waals surface area contributed by atoms with Crippen molar-refractivity contribution in [3.63, 3.8) is 0 Å². The van der Waals surface area contributed by atoms with Gasteiger partial charge in [0.2, 0.25) is 0 Å². The van der Waals surface area contributed by atoms with E-state index in [0.29, 0.717) is 6.04 Å². The van der Waals surface area contributed by atoms with Crippen LogP contribution in [0.1, 0.15) is 44.1 Å². The number of nitrogens with one attached hydrogen (secondary N) is 1. The van der Waals surface area contributed by atoms with Crippen molar-refractivity contribution in [2.75, 3.05) is 5.32 Å². The number of carbonyl (C=O) groups is 1. The molecule has 1 N–H and O–H groups in total. The third-order valence-corrected chi connectivity index (χ3v) is 4.64. The van der Waals surface area contributed by atoms with Crippen LogP contribution in [0, 0.1) is 11.8 Å². The molecule has 1 atom stereocenters. The van der Waals surface area contributed by atoms with E-state index in [9.17, 15) is 4.79 Å². The summed E-state index contributed by atoms with van der Waals surface area (Å²) in [4.78, 5) is 11.6. The minimum Gasteiger partial charge on any atom is -0.426 e. The summed E-state index contributed by atoms with van der Waals surface area (Å²) in [6.07, 6.45) is 5.46. The molecular formula is C16H19NO2. The van der Waals surface area contributed by atoms with E-state index in [0.717, 1.165) is 28.8 Å². The fraction of sp³-hybridized carbons (Fsp3) is 0.562. The number of benzene rings is 1. The Balaban J connectivity index is 1.56. The molecule has 1 aromatic carbocycles. The lowest BCUT2D eigenvalue weighted by molar-refractivity contribution is -0.133. The van der Waals surface area contributed by atoms with Gasteiger partial charge in [0.05, 0.1) is 5.92 Å². The van der Waals surface area contributed by atoms with Gasteiger partial charge in [0, 0.05) is 23.4 Å². The fourth-order valence-electron chi connectivity index (χ4n) is 3.12. The minimum atomic E-state index is -0.131. The van der Waals surface area contributed by atoms with Crippen LogP contribution < -0.4 is 10.1 Å². The number of esters is 1. The second-order valence-electron chi connectivity index (χ2n) is 6.24. The summed E-state index contributed by atoms with van der Waals surface area (Å²) in [6, 6.07) is 6.75. The van der Waals surface area contributed by atoms with Crippen LogP contribution in [0.4, 0.5) is 5.69 Å². The fourth-order valence-corrected chi connectivity index (χ4v) is 3.12. The van der Waals surface area contributed by atoms with E-state index in [4.69, 9.17) is 4.74 Å². The standard InChI is InChI=1S/C16H19NO2/c1-9-13-7-6-12(8-14(13)19-16(9)18)17-15(10-2-3-10)11-4-5-11/h6-11,15,17H,2-5H2,1H3. The second kappa shape index (κ2) is 3.99. The molecule has 1 unspecified atom stereocenters. The van der Waals surface area contributed by atoms with Gasteiger partial charge in [-0.05, 0) is 50.5 Å². The summed E-state index contributed by atoms with van der Waals surface area (Å²) in [6.45, 7) is 1.90. The molecule has 1 aromatic rings. The summed E-state index contributed by atoms with van der Waals surface area (Å²) >= 11 is 0. The third-order valence-electron chi connectivity index (χ3n) is 4.64. The highest BCUT2D eigenvalue weighted by molar-refractivity contribution is 5.86. The first-order chi connectivity index (χ1) is 9.22. The molecule has 1 aliphatic heterocycles. The topological polar surface area (TPSA) is 38.3 Å². The molecule has 0 amide bonds. The highest BCUT2D eigenvalue weighted by atomic mass is 16.5. The van der Waals surface area contributed by atoms with E-state index in [2.05, 4.69) is 11.4 Å². The van der Waals surface area contributed by atoms with Crippen LogP contribution in [-0.4, -0.2) is 12.0 Å². The molecule has 4 rings (SSSR count). The van der Waals surface area contributed by atoms with Crippen LogP contribution in [0.3, 0.4) is 0 Å². The second-order valence-corrected chi connectivity index (χ2v) is 6.24. The first kappa shape index (κ1) is 11.3. The van der Waals surface area contributed by atoms with Gasteiger partial charge in [-0.2, -0.15) is 0 Å². The van der Waals surface area contributed by atoms with Crippen molar-refractivity contribution >= 4 is 11.7 Å². The average molecular weight is 257 g/mol. The first-order valence-corrected chi connectivity index (χ1v) is 7.34. The molecule has 3 aliphatic rings. The summed E-state index contributed by atoms with van der Waals surface area (Å²) in [7, 11) is 0. The zero-order valence-corrected chi connectivity index (χ0v) is 11.2. The molecule has 2 aliphatic carbocycles. The molecule has 100 valence electrons. The van der Waals surface area contributed by atoms with Gasteiger partial charge in [0.1, 0.15) is 5.75 Å². The van der Waals surface area contributed by atoms with Gasteiger partial charge >= 0.3 is 5.97 Å². The number of ether oxygens (including phenoxy) is 1. The monoisotopic (exact) mass is 257 g/mol. The van der Waals surface area contributed by atoms with E-state index >= 15 is 0 Å². The van der Waals surface area contributed by atoms with Gasteiger partial charge in [-0.15, -0.1) is 0 Å². The highest BCUT2D eigenvalue weighted by Gasteiger charge is 2.41. The summed E-state index contributed by atoms with van der Waals surface area (Å²) in [5, 5.41) is 3.67. The van der Waals surface area contributed by atoms with Crippen LogP contribution in [0.15, 0.2) is 18.2 Å². The Hall–Kier alpha value is -1.51. The van der Waals surface area contributed by atoms with Gasteiger partial charge in [-0.25, -0.2) is 0 Å². The van der Waals surface area contributed by atoms with Gasteiger partial charge in [0.15, 0.2) is 0 Å². The molecule has 0 saturated heterocycles. The largest absolute Gasteiger partial charge is 0.426 e. The van der Waals surface area contributed by atoms with Crippen molar-refractivity contribution in [2.24, 2.45) is 11.8 Å². The maximum absolute atomic E-state index is 11.6. The summed E-state index contributed by atoms with van der Waals surface area (Å²) in [5.74, 6) is 2.22. The normalized spacial score (nSPS) is 25.4. The minimum absolute atomic E-state index is 0.119. The van der Waals surface area contributed by atoms with Crippen molar-refractivity contribution in [2.45, 2.75) is 44.6 Å². The van der Waals surface area contributed by atoms with E-state index in [1.165, 1.54) is 25.7 Å². The Morgan fingerprint density at radius 1 is 1.21 bits per heavy atom. The number of hydrogen-bond donors (Lipinski definition) is 1. The van der Waals surface area contributed by atoms with E-state index in [1.54, 1.807) is 0 Å². The zero-order valence-electron chi connectivity index (χ0n) is 11.2. The Morgan fingerprint density at radius 3 is 2.53 bits per heavy atom. The van der Waals surface area contributed by atoms with Crippen molar-refractivity contribution in [1.82, 2.24) is 0 Å². The smallest absolute Gasteiger partial charge is 0.318 e. The van der Waals surface area contributed by atoms with Gasteiger partial charge in [-0.1, -0.05) is 6.07 Å². The zero-order chi connectivity index (χ0) is 13.0. The van der Waals surface area contributed by atoms with Crippen molar-refractivity contribution in [3.05, 3.63) is 23.8 Å². The quantitative estimate of drug-likeness (QED) is 0.664. The van der Waals surface area contributed by atoms with Crippen LogP contribution >= 0.6 is 0 Å². The maximum Gasteiger partial charge on any atom is 0.318 e. The van der Waals surface area contributed by atoms with Gasteiger partial charge in [-0.3, -0.25) is 4.79 Å². The molecular weight excluding hydrogens is 238 g/mol. The molecule has 3 nitrogen and oxygen atoms in total. The summed E-state index contributed by atoms with van der Waals surface area (Å²) in [5.41, 5.74) is 2.12. The van der Waals surface area contributed by atoms with Crippen molar-refractivity contribution in [3.8, 4) is 5.75 Å². The van der Waals surface area contributed by atoms with Gasteiger partial charge < -0.3 is 10.1 Å². The molecule has 3 heteroatoms. The van der Waals surface area contributed by atoms with Gasteiger partial charge in [0.25, 0.3) is 0 Å². The maximum atomic E-state index is 11.6. The number of fused-ring (bicyclic) bond motifs is 1. The number of carbonyl (C=O) groups excluding carboxylic acids is 1. The molecule has 0 aromatic heterocycles. The number of rotatable bonds is 4. The highest BCUT2D eigenvalue weighted by Crippen LogP contribution is 2.46. The van der Waals surface area contributed by atoms with Crippen molar-refractivity contribution in [1.29, 1.82) is 0 Å². The van der Waals surface area contributed by atoms with Crippen molar-refractivity contribution < 1.29 is 9.53 Å². The average Bonchev–Trinajstić information content (AvgIpc) is 3.27. The third kappa shape index (κ3) is 2.01. The van der Waals surface area contributed by atoms with Crippen LogP contribution in [0.25, 0.3) is 0 Å². The summed E-state index contributed by atoms with van der Waals surface area (Å²) < 4.78 is 5.31. The van der Waals surface area contributed by atoms with Crippen LogP contribution in [-0.2, 0) is 4.79 Å². The van der Waals surface area contributed by atoms with E-state index in [1.807, 2.05) is 19.1 Å². The van der Waals surface area contributed by atoms with E-state index < -0.39 is 0 Å². The molecule has 1 heterocycles. The lowest BCUT2D eigenvalue weighted by Crippen LogP contribution is -2.24.